The minimum absolute atomic E-state index is 0.109. The lowest BCUT2D eigenvalue weighted by Crippen LogP contribution is -2.26. The summed E-state index contributed by atoms with van der Waals surface area (Å²) in [5, 5.41) is 4.14. The van der Waals surface area contributed by atoms with Crippen LogP contribution in [0.2, 0.25) is 0 Å². The maximum absolute atomic E-state index is 12.8. The second-order valence-corrected chi connectivity index (χ2v) is 6.03. The van der Waals surface area contributed by atoms with Crippen molar-refractivity contribution in [2.75, 3.05) is 6.54 Å². The van der Waals surface area contributed by atoms with Gasteiger partial charge in [0.15, 0.2) is 5.78 Å². The molecule has 0 fully saturated rings. The normalized spacial score (nSPS) is 12.2. The first kappa shape index (κ1) is 17.1. The van der Waals surface area contributed by atoms with Gasteiger partial charge in [-0.05, 0) is 30.7 Å². The average molecular weight is 335 g/mol. The van der Waals surface area contributed by atoms with Crippen LogP contribution < -0.4 is 10.9 Å². The monoisotopic (exact) mass is 335 g/mol. The first-order valence-corrected chi connectivity index (χ1v) is 8.53. The zero-order valence-corrected chi connectivity index (χ0v) is 14.2. The van der Waals surface area contributed by atoms with Crippen LogP contribution in [0.5, 0.6) is 0 Å². The minimum Gasteiger partial charge on any atom is -0.422 e. The van der Waals surface area contributed by atoms with Crippen LogP contribution in [0.25, 0.3) is 11.0 Å². The van der Waals surface area contributed by atoms with Crippen LogP contribution in [0.4, 0.5) is 0 Å². The molecule has 4 nitrogen and oxygen atoms in total. The van der Waals surface area contributed by atoms with E-state index in [-0.39, 0.29) is 23.8 Å². The van der Waals surface area contributed by atoms with Gasteiger partial charge in [-0.2, -0.15) is 0 Å². The van der Waals surface area contributed by atoms with Crippen LogP contribution in [0, 0.1) is 0 Å². The third-order valence-electron chi connectivity index (χ3n) is 4.17. The van der Waals surface area contributed by atoms with E-state index < -0.39 is 5.63 Å². The Balaban J connectivity index is 1.88. The molecule has 1 aromatic heterocycles. The van der Waals surface area contributed by atoms with E-state index in [0.29, 0.717) is 5.58 Å². The Kier molecular flexibility index (Phi) is 5.41. The van der Waals surface area contributed by atoms with Crippen molar-refractivity contribution in [2.24, 2.45) is 0 Å². The van der Waals surface area contributed by atoms with Gasteiger partial charge in [-0.15, -0.1) is 0 Å². The van der Waals surface area contributed by atoms with Crippen LogP contribution in [-0.2, 0) is 0 Å². The summed E-state index contributed by atoms with van der Waals surface area (Å²) in [5.74, 6) is -0.211. The van der Waals surface area contributed by atoms with Gasteiger partial charge in [0.2, 0.25) is 0 Å². The summed E-state index contributed by atoms with van der Waals surface area (Å²) < 4.78 is 5.29. The zero-order chi connectivity index (χ0) is 17.6. The highest BCUT2D eigenvalue weighted by molar-refractivity contribution is 5.98. The summed E-state index contributed by atoms with van der Waals surface area (Å²) in [4.78, 5) is 25.0. The standard InChI is InChI=1S/C21H21NO3/c1-2-12-22-18(15-8-4-3-5-9-15)14-19(23)17-13-16-10-6-7-11-20(16)25-21(17)24/h3-11,13,18,22H,2,12,14H2,1H3/t18-/m0/s1. The molecule has 1 heterocycles. The first-order valence-electron chi connectivity index (χ1n) is 8.53. The second-order valence-electron chi connectivity index (χ2n) is 6.03. The lowest BCUT2D eigenvalue weighted by molar-refractivity contribution is 0.0965. The molecule has 4 heteroatoms. The topological polar surface area (TPSA) is 59.3 Å². The SMILES string of the molecule is CCCN[C@@H](CC(=O)c1cc2ccccc2oc1=O)c1ccccc1. The van der Waals surface area contributed by atoms with Crippen LogP contribution in [0.1, 0.15) is 41.7 Å². The molecule has 0 amide bonds. The molecular weight excluding hydrogens is 314 g/mol. The van der Waals surface area contributed by atoms with Crippen LogP contribution in [0.15, 0.2) is 69.9 Å². The number of nitrogens with one attached hydrogen (secondary N) is 1. The smallest absolute Gasteiger partial charge is 0.347 e. The quantitative estimate of drug-likeness (QED) is 0.521. The third kappa shape index (κ3) is 4.03. The summed E-state index contributed by atoms with van der Waals surface area (Å²) in [7, 11) is 0. The number of para-hydroxylation sites is 1. The molecule has 3 rings (SSSR count). The Hall–Kier alpha value is -2.72. The van der Waals surface area contributed by atoms with Crippen molar-refractivity contribution in [3.63, 3.8) is 0 Å². The fraction of sp³-hybridized carbons (Fsp3) is 0.238. The van der Waals surface area contributed by atoms with E-state index in [4.69, 9.17) is 4.42 Å². The molecule has 1 atom stereocenters. The Labute approximate surface area is 146 Å². The highest BCUT2D eigenvalue weighted by Crippen LogP contribution is 2.20. The fourth-order valence-corrected chi connectivity index (χ4v) is 2.86. The predicted octanol–water partition coefficient (Wildman–Crippen LogP) is 4.11. The number of benzene rings is 2. The second kappa shape index (κ2) is 7.90. The highest BCUT2D eigenvalue weighted by atomic mass is 16.4. The van der Waals surface area contributed by atoms with Crippen LogP contribution in [-0.4, -0.2) is 12.3 Å². The van der Waals surface area contributed by atoms with Crippen molar-refractivity contribution in [1.82, 2.24) is 5.32 Å². The van der Waals surface area contributed by atoms with Gasteiger partial charge in [-0.3, -0.25) is 4.79 Å². The van der Waals surface area contributed by atoms with E-state index in [2.05, 4.69) is 12.2 Å². The van der Waals surface area contributed by atoms with E-state index >= 15 is 0 Å². The van der Waals surface area contributed by atoms with Gasteiger partial charge in [0.05, 0.1) is 0 Å². The maximum Gasteiger partial charge on any atom is 0.347 e. The molecule has 3 aromatic rings. The van der Waals surface area contributed by atoms with Crippen molar-refractivity contribution in [3.8, 4) is 0 Å². The van der Waals surface area contributed by atoms with Gasteiger partial charge in [0.1, 0.15) is 11.1 Å². The van der Waals surface area contributed by atoms with Gasteiger partial charge in [0, 0.05) is 17.8 Å². The molecule has 0 aliphatic rings. The molecule has 1 N–H and O–H groups in total. The molecule has 0 bridgehead atoms. The van der Waals surface area contributed by atoms with E-state index in [1.54, 1.807) is 18.2 Å². The van der Waals surface area contributed by atoms with Crippen molar-refractivity contribution >= 4 is 16.8 Å². The van der Waals surface area contributed by atoms with E-state index in [1.807, 2.05) is 42.5 Å². The minimum atomic E-state index is -0.578. The molecule has 25 heavy (non-hydrogen) atoms. The number of ketones is 1. The summed E-state index contributed by atoms with van der Waals surface area (Å²) in [6, 6.07) is 18.5. The third-order valence-corrected chi connectivity index (χ3v) is 4.17. The first-order chi connectivity index (χ1) is 12.2. The van der Waals surface area contributed by atoms with E-state index in [1.165, 1.54) is 0 Å². The average Bonchev–Trinajstić information content (AvgIpc) is 2.65. The number of fused-ring (bicyclic) bond motifs is 1. The van der Waals surface area contributed by atoms with Gasteiger partial charge in [-0.1, -0.05) is 55.5 Å². The Bertz CT molecular complexity index is 915. The number of hydrogen-bond acceptors (Lipinski definition) is 4. The molecule has 2 aromatic carbocycles. The van der Waals surface area contributed by atoms with Crippen molar-refractivity contribution in [2.45, 2.75) is 25.8 Å². The van der Waals surface area contributed by atoms with E-state index in [0.717, 1.165) is 23.9 Å². The summed E-state index contributed by atoms with van der Waals surface area (Å²) >= 11 is 0. The van der Waals surface area contributed by atoms with Crippen molar-refractivity contribution in [1.29, 1.82) is 0 Å². The molecule has 0 aliphatic carbocycles. The van der Waals surface area contributed by atoms with Crippen molar-refractivity contribution in [3.05, 3.63) is 82.2 Å². The number of carbonyl (C=O) groups is 1. The Morgan fingerprint density at radius 3 is 2.56 bits per heavy atom. The highest BCUT2D eigenvalue weighted by Gasteiger charge is 2.20. The molecule has 0 saturated carbocycles. The molecule has 0 spiro atoms. The summed E-state index contributed by atoms with van der Waals surface area (Å²) in [5.41, 5.74) is 1.06. The largest absolute Gasteiger partial charge is 0.422 e. The van der Waals surface area contributed by atoms with Crippen molar-refractivity contribution < 1.29 is 9.21 Å². The van der Waals surface area contributed by atoms with Crippen LogP contribution in [0.3, 0.4) is 0 Å². The van der Waals surface area contributed by atoms with Gasteiger partial charge in [0.25, 0.3) is 0 Å². The lowest BCUT2D eigenvalue weighted by atomic mass is 9.98. The molecule has 0 radical (unpaired) electrons. The number of hydrogen-bond donors (Lipinski definition) is 1. The van der Waals surface area contributed by atoms with Gasteiger partial charge in [-0.25, -0.2) is 4.79 Å². The zero-order valence-electron chi connectivity index (χ0n) is 14.2. The van der Waals surface area contributed by atoms with E-state index in [9.17, 15) is 9.59 Å². The summed E-state index contributed by atoms with van der Waals surface area (Å²) in [6.07, 6.45) is 1.18. The molecule has 0 aliphatic heterocycles. The van der Waals surface area contributed by atoms with Gasteiger partial charge >= 0.3 is 5.63 Å². The molecule has 0 saturated heterocycles. The number of carbonyl (C=O) groups excluding carboxylic acids is 1. The maximum atomic E-state index is 12.8. The van der Waals surface area contributed by atoms with Gasteiger partial charge < -0.3 is 9.73 Å². The Morgan fingerprint density at radius 1 is 1.08 bits per heavy atom. The number of rotatable bonds is 7. The summed E-state index contributed by atoms with van der Waals surface area (Å²) in [6.45, 7) is 2.88. The number of Topliss-reactive ketones (excluding diaryl/α,β-unsaturated/α-hetero) is 1. The fourth-order valence-electron chi connectivity index (χ4n) is 2.86. The molecular formula is C21H21NO3. The Morgan fingerprint density at radius 2 is 1.80 bits per heavy atom. The molecule has 128 valence electrons. The van der Waals surface area contributed by atoms with Crippen LogP contribution >= 0.6 is 0 Å². The predicted molar refractivity (Wildman–Crippen MR) is 98.9 cm³/mol. The lowest BCUT2D eigenvalue weighted by Gasteiger charge is -2.18. The molecule has 0 unspecified atom stereocenters.